The Labute approximate surface area is 121 Å². The Kier molecular flexibility index (Phi) is 4.12. The summed E-state index contributed by atoms with van der Waals surface area (Å²) in [5.74, 6) is 1.29. The molecule has 1 aliphatic heterocycles. The van der Waals surface area contributed by atoms with Crippen molar-refractivity contribution in [3.05, 3.63) is 65.5 Å². The molecule has 0 radical (unpaired) electrons. The van der Waals surface area contributed by atoms with Crippen LogP contribution < -0.4 is 5.32 Å². The van der Waals surface area contributed by atoms with E-state index in [0.29, 0.717) is 11.8 Å². The fourth-order valence-electron chi connectivity index (χ4n) is 3.33. The van der Waals surface area contributed by atoms with Crippen molar-refractivity contribution in [2.45, 2.75) is 25.7 Å². The fraction of sp³-hybridized carbons (Fsp3) is 0.389. The van der Waals surface area contributed by atoms with Gasteiger partial charge in [-0.1, -0.05) is 30.3 Å². The fourth-order valence-corrected chi connectivity index (χ4v) is 3.33. The van der Waals surface area contributed by atoms with Gasteiger partial charge >= 0.3 is 0 Å². The quantitative estimate of drug-likeness (QED) is 0.921. The average molecular weight is 266 g/mol. The lowest BCUT2D eigenvalue weighted by molar-refractivity contribution is 0.323. The number of nitrogens with zero attached hydrogens (tertiary/aromatic N) is 1. The summed E-state index contributed by atoms with van der Waals surface area (Å²) in [6, 6.07) is 13.0. The van der Waals surface area contributed by atoms with Gasteiger partial charge in [0.25, 0.3) is 0 Å². The molecule has 2 nitrogen and oxygen atoms in total. The summed E-state index contributed by atoms with van der Waals surface area (Å²) in [6.07, 6.45) is 6.33. The SMILES string of the molecule is Cc1ccncc1C1CCNCC1Cc1ccccc1. The molecule has 2 aromatic rings. The van der Waals surface area contributed by atoms with Gasteiger partial charge in [0.2, 0.25) is 0 Å². The number of benzene rings is 1. The summed E-state index contributed by atoms with van der Waals surface area (Å²) in [5.41, 5.74) is 4.26. The molecule has 2 unspecified atom stereocenters. The average Bonchev–Trinajstić information content (AvgIpc) is 2.50. The van der Waals surface area contributed by atoms with Crippen LogP contribution in [0.4, 0.5) is 0 Å². The predicted octanol–water partition coefficient (Wildman–Crippen LogP) is 3.33. The zero-order valence-corrected chi connectivity index (χ0v) is 12.0. The zero-order chi connectivity index (χ0) is 13.8. The molecule has 0 spiro atoms. The summed E-state index contributed by atoms with van der Waals surface area (Å²) in [6.45, 7) is 4.43. The van der Waals surface area contributed by atoms with Gasteiger partial charge in [-0.05, 0) is 67.4 Å². The summed E-state index contributed by atoms with van der Waals surface area (Å²) in [4.78, 5) is 4.34. The molecule has 1 aliphatic rings. The van der Waals surface area contributed by atoms with Gasteiger partial charge in [-0.25, -0.2) is 0 Å². The summed E-state index contributed by atoms with van der Waals surface area (Å²) < 4.78 is 0. The molecule has 2 heterocycles. The van der Waals surface area contributed by atoms with Crippen LogP contribution in [0, 0.1) is 12.8 Å². The van der Waals surface area contributed by atoms with Gasteiger partial charge < -0.3 is 5.32 Å². The molecule has 3 rings (SSSR count). The van der Waals surface area contributed by atoms with Crippen LogP contribution in [0.15, 0.2) is 48.8 Å². The van der Waals surface area contributed by atoms with Crippen molar-refractivity contribution in [3.8, 4) is 0 Å². The highest BCUT2D eigenvalue weighted by atomic mass is 14.9. The summed E-state index contributed by atoms with van der Waals surface area (Å²) in [5, 5.41) is 3.55. The Bertz CT molecular complexity index is 550. The third-order valence-electron chi connectivity index (χ3n) is 4.43. The van der Waals surface area contributed by atoms with Gasteiger partial charge in [-0.3, -0.25) is 4.98 Å². The Morgan fingerprint density at radius 3 is 2.85 bits per heavy atom. The van der Waals surface area contributed by atoms with Crippen molar-refractivity contribution in [1.29, 1.82) is 0 Å². The number of hydrogen-bond acceptors (Lipinski definition) is 2. The first-order valence-electron chi connectivity index (χ1n) is 7.50. The number of nitrogens with one attached hydrogen (secondary N) is 1. The van der Waals surface area contributed by atoms with Gasteiger partial charge in [-0.2, -0.15) is 0 Å². The monoisotopic (exact) mass is 266 g/mol. The Morgan fingerprint density at radius 1 is 1.20 bits per heavy atom. The first kappa shape index (κ1) is 13.3. The molecule has 0 saturated carbocycles. The molecule has 1 aromatic carbocycles. The summed E-state index contributed by atoms with van der Waals surface area (Å²) >= 11 is 0. The van der Waals surface area contributed by atoms with E-state index in [-0.39, 0.29) is 0 Å². The van der Waals surface area contributed by atoms with Gasteiger partial charge in [0.15, 0.2) is 0 Å². The van der Waals surface area contributed by atoms with E-state index in [9.17, 15) is 0 Å². The molecule has 1 aromatic heterocycles. The van der Waals surface area contributed by atoms with Gasteiger partial charge in [0.05, 0.1) is 0 Å². The molecular formula is C18H22N2. The number of pyridine rings is 1. The first-order chi connectivity index (χ1) is 9.84. The largest absolute Gasteiger partial charge is 0.316 e. The predicted molar refractivity (Wildman–Crippen MR) is 82.8 cm³/mol. The molecule has 20 heavy (non-hydrogen) atoms. The van der Waals surface area contributed by atoms with E-state index < -0.39 is 0 Å². The second kappa shape index (κ2) is 6.19. The Hall–Kier alpha value is -1.67. The van der Waals surface area contributed by atoms with E-state index in [4.69, 9.17) is 0 Å². The maximum Gasteiger partial charge on any atom is 0.0305 e. The lowest BCUT2D eigenvalue weighted by Crippen LogP contribution is -2.36. The second-order valence-electron chi connectivity index (χ2n) is 5.78. The maximum absolute atomic E-state index is 4.34. The van der Waals surface area contributed by atoms with Crippen molar-refractivity contribution in [1.82, 2.24) is 10.3 Å². The third kappa shape index (κ3) is 2.91. The van der Waals surface area contributed by atoms with Crippen molar-refractivity contribution < 1.29 is 0 Å². The topological polar surface area (TPSA) is 24.9 Å². The van der Waals surface area contributed by atoms with Crippen LogP contribution in [0.3, 0.4) is 0 Å². The van der Waals surface area contributed by atoms with Gasteiger partial charge in [0, 0.05) is 12.4 Å². The van der Waals surface area contributed by atoms with Gasteiger partial charge in [0.1, 0.15) is 0 Å². The molecular weight excluding hydrogens is 244 g/mol. The summed E-state index contributed by atoms with van der Waals surface area (Å²) in [7, 11) is 0. The van der Waals surface area contributed by atoms with Crippen LogP contribution in [0.5, 0.6) is 0 Å². The number of aromatic nitrogens is 1. The third-order valence-corrected chi connectivity index (χ3v) is 4.43. The van der Waals surface area contributed by atoms with Crippen molar-refractivity contribution in [3.63, 3.8) is 0 Å². The van der Waals surface area contributed by atoms with E-state index in [0.717, 1.165) is 19.5 Å². The second-order valence-corrected chi connectivity index (χ2v) is 5.78. The molecule has 1 fully saturated rings. The van der Waals surface area contributed by atoms with Gasteiger partial charge in [-0.15, -0.1) is 0 Å². The first-order valence-corrected chi connectivity index (χ1v) is 7.50. The molecule has 0 bridgehead atoms. The van der Waals surface area contributed by atoms with E-state index in [1.165, 1.54) is 23.1 Å². The maximum atomic E-state index is 4.34. The van der Waals surface area contributed by atoms with Crippen LogP contribution in [-0.4, -0.2) is 18.1 Å². The van der Waals surface area contributed by atoms with E-state index >= 15 is 0 Å². The molecule has 2 atom stereocenters. The van der Waals surface area contributed by atoms with Crippen molar-refractivity contribution in [2.75, 3.05) is 13.1 Å². The molecule has 104 valence electrons. The normalized spacial score (nSPS) is 22.6. The number of rotatable bonds is 3. The highest BCUT2D eigenvalue weighted by molar-refractivity contribution is 5.28. The van der Waals surface area contributed by atoms with E-state index in [1.54, 1.807) is 0 Å². The number of piperidine rings is 1. The highest BCUT2D eigenvalue weighted by Gasteiger charge is 2.27. The highest BCUT2D eigenvalue weighted by Crippen LogP contribution is 2.33. The Balaban J connectivity index is 1.83. The zero-order valence-electron chi connectivity index (χ0n) is 12.0. The number of aryl methyl sites for hydroxylation is 1. The molecule has 0 aliphatic carbocycles. The minimum absolute atomic E-state index is 0.630. The standard InChI is InChI=1S/C18H22N2/c1-14-7-9-20-13-18(14)17-8-10-19-12-16(17)11-15-5-3-2-4-6-15/h2-7,9,13,16-17,19H,8,10-12H2,1H3. The number of hydrogen-bond donors (Lipinski definition) is 1. The van der Waals surface area contributed by atoms with Crippen LogP contribution >= 0.6 is 0 Å². The molecule has 1 saturated heterocycles. The van der Waals surface area contributed by atoms with Crippen molar-refractivity contribution in [2.24, 2.45) is 5.92 Å². The lowest BCUT2D eigenvalue weighted by atomic mass is 9.77. The molecule has 1 N–H and O–H groups in total. The lowest BCUT2D eigenvalue weighted by Gasteiger charge is -2.33. The minimum atomic E-state index is 0.630. The van der Waals surface area contributed by atoms with E-state index in [1.807, 2.05) is 6.20 Å². The van der Waals surface area contributed by atoms with Crippen LogP contribution in [0.2, 0.25) is 0 Å². The van der Waals surface area contributed by atoms with Crippen LogP contribution in [-0.2, 0) is 6.42 Å². The molecule has 2 heteroatoms. The van der Waals surface area contributed by atoms with Crippen LogP contribution in [0.1, 0.15) is 29.0 Å². The molecule has 0 amide bonds. The van der Waals surface area contributed by atoms with Crippen molar-refractivity contribution >= 4 is 0 Å². The smallest absolute Gasteiger partial charge is 0.0305 e. The minimum Gasteiger partial charge on any atom is -0.316 e. The van der Waals surface area contributed by atoms with Crippen LogP contribution in [0.25, 0.3) is 0 Å². The van der Waals surface area contributed by atoms with E-state index in [2.05, 4.69) is 59.8 Å². The Morgan fingerprint density at radius 2 is 2.05 bits per heavy atom.